The average molecular weight is 449 g/mol. The van der Waals surface area contributed by atoms with Gasteiger partial charge in [-0.3, -0.25) is 10.0 Å². The van der Waals surface area contributed by atoms with E-state index < -0.39 is 17.5 Å². The van der Waals surface area contributed by atoms with Gasteiger partial charge in [-0.1, -0.05) is 48.6 Å². The first kappa shape index (κ1) is 22.3. The van der Waals surface area contributed by atoms with Gasteiger partial charge in [-0.15, -0.1) is 0 Å². The Hall–Kier alpha value is -3.88. The fourth-order valence-corrected chi connectivity index (χ4v) is 3.51. The van der Waals surface area contributed by atoms with Gasteiger partial charge < -0.3 is 9.30 Å². The molecule has 0 aliphatic heterocycles. The van der Waals surface area contributed by atoms with Gasteiger partial charge in [0.25, 0.3) is 5.91 Å². The Kier molecular flexibility index (Phi) is 6.87. The maximum atomic E-state index is 14.2. The van der Waals surface area contributed by atoms with E-state index in [4.69, 9.17) is 9.94 Å². The molecule has 0 radical (unpaired) electrons. The third-order valence-corrected chi connectivity index (χ3v) is 5.12. The minimum Gasteiger partial charge on any atom is -0.373 e. The maximum Gasteiger partial charge on any atom is 0.293 e. The van der Waals surface area contributed by atoms with Crippen molar-refractivity contribution in [3.8, 4) is 0 Å². The first-order valence-electron chi connectivity index (χ1n) is 10.2. The summed E-state index contributed by atoms with van der Waals surface area (Å²) in [7, 11) is 0. The number of nitrogens with one attached hydrogen (secondary N) is 1. The normalized spacial score (nSPS) is 11.4. The number of ether oxygens (including phenoxy) is 1. The van der Waals surface area contributed by atoms with Crippen LogP contribution in [0.2, 0.25) is 0 Å². The van der Waals surface area contributed by atoms with Crippen LogP contribution in [0.1, 0.15) is 27.2 Å². The molecular formula is C25H21F2N3O3. The van der Waals surface area contributed by atoms with Gasteiger partial charge in [-0.05, 0) is 17.7 Å². The summed E-state index contributed by atoms with van der Waals surface area (Å²) in [5, 5.41) is 9.61. The molecule has 0 saturated carbocycles. The summed E-state index contributed by atoms with van der Waals surface area (Å²) in [6.45, 7) is 0.742. The van der Waals surface area contributed by atoms with Gasteiger partial charge >= 0.3 is 0 Å². The number of halogens is 2. The molecular weight excluding hydrogens is 428 g/mol. The zero-order valence-electron chi connectivity index (χ0n) is 17.5. The van der Waals surface area contributed by atoms with Gasteiger partial charge in [0.1, 0.15) is 17.3 Å². The van der Waals surface area contributed by atoms with E-state index in [1.54, 1.807) is 16.2 Å². The zero-order chi connectivity index (χ0) is 23.2. The van der Waals surface area contributed by atoms with Gasteiger partial charge in [0.15, 0.2) is 0 Å². The molecule has 8 heteroatoms. The Morgan fingerprint density at radius 3 is 2.70 bits per heavy atom. The fraction of sp³-hybridized carbons (Fsp3) is 0.120. The Labute approximate surface area is 188 Å². The minimum atomic E-state index is -0.744. The van der Waals surface area contributed by atoms with Crippen LogP contribution in [-0.4, -0.2) is 27.3 Å². The van der Waals surface area contributed by atoms with Crippen molar-refractivity contribution < 1.29 is 23.5 Å². The maximum absolute atomic E-state index is 14.2. The predicted octanol–water partition coefficient (Wildman–Crippen LogP) is 4.71. The molecule has 1 amide bonds. The quantitative estimate of drug-likeness (QED) is 0.232. The van der Waals surface area contributed by atoms with E-state index in [2.05, 4.69) is 4.98 Å². The molecule has 0 spiro atoms. The number of amides is 1. The van der Waals surface area contributed by atoms with E-state index in [1.165, 1.54) is 24.4 Å². The van der Waals surface area contributed by atoms with Crippen molar-refractivity contribution in [2.24, 2.45) is 0 Å². The second-order valence-corrected chi connectivity index (χ2v) is 7.37. The van der Waals surface area contributed by atoms with Crippen molar-refractivity contribution in [2.75, 3.05) is 6.61 Å². The van der Waals surface area contributed by atoms with E-state index in [0.717, 1.165) is 17.2 Å². The molecule has 0 unspecified atom stereocenters. The van der Waals surface area contributed by atoms with E-state index in [-0.39, 0.29) is 18.8 Å². The summed E-state index contributed by atoms with van der Waals surface area (Å²) < 4.78 is 35.0. The van der Waals surface area contributed by atoms with Crippen LogP contribution < -0.4 is 5.48 Å². The number of aromatic nitrogens is 2. The minimum absolute atomic E-state index is 0.0286. The van der Waals surface area contributed by atoms with Gasteiger partial charge in [0, 0.05) is 28.8 Å². The monoisotopic (exact) mass is 449 g/mol. The van der Waals surface area contributed by atoms with Crippen molar-refractivity contribution in [3.63, 3.8) is 0 Å². The molecule has 0 fully saturated rings. The van der Waals surface area contributed by atoms with Crippen molar-refractivity contribution in [3.05, 3.63) is 107 Å². The van der Waals surface area contributed by atoms with Gasteiger partial charge in [0.05, 0.1) is 31.5 Å². The second-order valence-electron chi connectivity index (χ2n) is 7.37. The lowest BCUT2D eigenvalue weighted by Gasteiger charge is -2.07. The number of carbonyl (C=O) groups excluding carboxylic acids is 1. The molecule has 4 aromatic rings. The Morgan fingerprint density at radius 1 is 1.12 bits per heavy atom. The van der Waals surface area contributed by atoms with Crippen molar-refractivity contribution in [2.45, 2.75) is 13.2 Å². The molecule has 168 valence electrons. The smallest absolute Gasteiger partial charge is 0.293 e. The fourth-order valence-electron chi connectivity index (χ4n) is 3.51. The molecule has 0 bridgehead atoms. The number of carbonyl (C=O) groups is 1. The van der Waals surface area contributed by atoms with Crippen LogP contribution in [-0.2, 0) is 17.9 Å². The van der Waals surface area contributed by atoms with Crippen LogP contribution in [0.25, 0.3) is 17.0 Å². The third-order valence-electron chi connectivity index (χ3n) is 5.12. The topological polar surface area (TPSA) is 76.4 Å². The number of hydrogen-bond acceptors (Lipinski definition) is 4. The number of hydroxylamine groups is 1. The molecule has 2 heterocycles. The van der Waals surface area contributed by atoms with E-state index >= 15 is 0 Å². The highest BCUT2D eigenvalue weighted by Gasteiger charge is 2.15. The largest absolute Gasteiger partial charge is 0.373 e. The summed E-state index contributed by atoms with van der Waals surface area (Å²) in [6.07, 6.45) is 7.11. The first-order chi connectivity index (χ1) is 16.0. The third kappa shape index (κ3) is 5.31. The number of rotatable bonds is 8. The van der Waals surface area contributed by atoms with Crippen molar-refractivity contribution in [1.29, 1.82) is 0 Å². The zero-order valence-corrected chi connectivity index (χ0v) is 17.5. The lowest BCUT2D eigenvalue weighted by atomic mass is 10.2. The van der Waals surface area contributed by atoms with Crippen LogP contribution >= 0.6 is 0 Å². The molecule has 0 aliphatic rings. The highest BCUT2D eigenvalue weighted by Crippen LogP contribution is 2.24. The highest BCUT2D eigenvalue weighted by molar-refractivity contribution is 5.96. The Morgan fingerprint density at radius 2 is 1.94 bits per heavy atom. The number of fused-ring (bicyclic) bond motifs is 1. The lowest BCUT2D eigenvalue weighted by Crippen LogP contribution is -2.19. The van der Waals surface area contributed by atoms with Crippen LogP contribution in [0, 0.1) is 11.6 Å². The van der Waals surface area contributed by atoms with Crippen LogP contribution in [0.4, 0.5) is 8.78 Å². The Balaban J connectivity index is 1.58. The summed E-state index contributed by atoms with van der Waals surface area (Å²) in [5.41, 5.74) is 4.37. The van der Waals surface area contributed by atoms with Crippen LogP contribution in [0.15, 0.2) is 73.1 Å². The molecule has 2 aromatic heterocycles. The first-order valence-corrected chi connectivity index (χ1v) is 10.2. The summed E-state index contributed by atoms with van der Waals surface area (Å²) in [6, 6.07) is 14.8. The molecule has 0 atom stereocenters. The standard InChI is InChI=1S/C25H21F2N3O3/c26-20-9-8-18(22(27)11-20)14-30-15-19(16-33-10-4-7-17-5-2-1-3-6-17)21-12-23(25(31)29-32)28-13-24(21)30/h1-9,11-13,15,32H,10,14,16H2,(H,29,31). The van der Waals surface area contributed by atoms with Gasteiger partial charge in [-0.2, -0.15) is 0 Å². The summed E-state index contributed by atoms with van der Waals surface area (Å²) >= 11 is 0. The molecule has 0 aliphatic carbocycles. The molecule has 0 saturated heterocycles. The Bertz CT molecular complexity index is 1300. The number of pyridine rings is 1. The molecule has 2 N–H and O–H groups in total. The van der Waals surface area contributed by atoms with E-state index in [1.807, 2.05) is 42.5 Å². The molecule has 6 nitrogen and oxygen atoms in total. The van der Waals surface area contributed by atoms with E-state index in [9.17, 15) is 13.6 Å². The van der Waals surface area contributed by atoms with Gasteiger partial charge in [-0.25, -0.2) is 19.2 Å². The number of nitrogens with zero attached hydrogens (tertiary/aromatic N) is 2. The lowest BCUT2D eigenvalue weighted by molar-refractivity contribution is 0.0701. The highest BCUT2D eigenvalue weighted by atomic mass is 19.1. The number of hydrogen-bond donors (Lipinski definition) is 2. The average Bonchev–Trinajstić information content (AvgIpc) is 3.17. The summed E-state index contributed by atoms with van der Waals surface area (Å²) in [4.78, 5) is 15.9. The van der Waals surface area contributed by atoms with E-state index in [0.29, 0.717) is 23.1 Å². The second kappa shape index (κ2) is 10.2. The van der Waals surface area contributed by atoms with Crippen molar-refractivity contribution >= 4 is 22.9 Å². The summed E-state index contributed by atoms with van der Waals surface area (Å²) in [5.74, 6) is -2.04. The molecule has 2 aromatic carbocycles. The van der Waals surface area contributed by atoms with Crippen LogP contribution in [0.5, 0.6) is 0 Å². The van der Waals surface area contributed by atoms with Crippen LogP contribution in [0.3, 0.4) is 0 Å². The molecule has 33 heavy (non-hydrogen) atoms. The SMILES string of the molecule is O=C(NO)c1cc2c(COCC=Cc3ccccc3)cn(Cc3ccc(F)cc3F)c2cn1. The number of benzene rings is 2. The predicted molar refractivity (Wildman–Crippen MR) is 120 cm³/mol. The molecule has 4 rings (SSSR count). The van der Waals surface area contributed by atoms with Gasteiger partial charge in [0.2, 0.25) is 0 Å². The van der Waals surface area contributed by atoms with Crippen molar-refractivity contribution in [1.82, 2.24) is 15.0 Å².